The fourth-order valence-corrected chi connectivity index (χ4v) is 1.23. The van der Waals surface area contributed by atoms with Crippen LogP contribution >= 0.6 is 0 Å². The molecule has 0 bridgehead atoms. The maximum Gasteiger partial charge on any atom is 0.0173 e. The minimum Gasteiger partial charge on any atom is -0.242 e. The Hall–Kier alpha value is -0.820. The molecule has 12 heavy (non-hydrogen) atoms. The molecule has 0 aliphatic rings. The average Bonchev–Trinajstić information content (AvgIpc) is 2.05. The van der Waals surface area contributed by atoms with Crippen LogP contribution in [0.1, 0.15) is 18.1 Å². The molecule has 1 radical (unpaired) electrons. The van der Waals surface area contributed by atoms with Gasteiger partial charge in [0.15, 0.2) is 0 Å². The van der Waals surface area contributed by atoms with Crippen LogP contribution in [0.15, 0.2) is 24.3 Å². The molecule has 0 saturated heterocycles. The van der Waals surface area contributed by atoms with Gasteiger partial charge in [-0.3, -0.25) is 0 Å². The highest BCUT2D eigenvalue weighted by atomic mass is 14.8. The molecule has 0 aromatic heterocycles. The van der Waals surface area contributed by atoms with Crippen molar-refractivity contribution in [2.75, 3.05) is 13.1 Å². The number of aryl methyl sites for hydroxylation is 1. The number of benzene rings is 1. The molecule has 0 unspecified atom stereocenters. The summed E-state index contributed by atoms with van der Waals surface area (Å²) < 4.78 is 0. The predicted molar refractivity (Wildman–Crippen MR) is 52.4 cm³/mol. The monoisotopic (exact) mass is 162 g/mol. The van der Waals surface area contributed by atoms with Gasteiger partial charge in [-0.25, -0.2) is 5.32 Å². The Labute approximate surface area is 74.8 Å². The molecule has 0 amide bonds. The van der Waals surface area contributed by atoms with Crippen LogP contribution < -0.4 is 5.32 Å². The van der Waals surface area contributed by atoms with Crippen LogP contribution in [0.3, 0.4) is 0 Å². The fraction of sp³-hybridized carbons (Fsp3) is 0.455. The van der Waals surface area contributed by atoms with E-state index in [0.29, 0.717) is 0 Å². The van der Waals surface area contributed by atoms with Crippen molar-refractivity contribution in [2.45, 2.75) is 20.3 Å². The fourth-order valence-electron chi connectivity index (χ4n) is 1.23. The summed E-state index contributed by atoms with van der Waals surface area (Å²) in [5, 5.41) is 4.30. The molecule has 0 aliphatic heterocycles. The average molecular weight is 162 g/mol. The summed E-state index contributed by atoms with van der Waals surface area (Å²) in [5.41, 5.74) is 2.73. The van der Waals surface area contributed by atoms with Crippen LogP contribution in [0.5, 0.6) is 0 Å². The molecule has 65 valence electrons. The van der Waals surface area contributed by atoms with Gasteiger partial charge in [-0.05, 0) is 18.9 Å². The molecule has 1 aromatic rings. The smallest absolute Gasteiger partial charge is 0.0173 e. The molecule has 0 saturated carbocycles. The van der Waals surface area contributed by atoms with Crippen molar-refractivity contribution in [1.29, 1.82) is 0 Å². The van der Waals surface area contributed by atoms with Crippen LogP contribution in [0.2, 0.25) is 0 Å². The first-order valence-electron chi connectivity index (χ1n) is 4.51. The van der Waals surface area contributed by atoms with Crippen molar-refractivity contribution in [3.05, 3.63) is 35.4 Å². The normalized spacial score (nSPS) is 10.2. The summed E-state index contributed by atoms with van der Waals surface area (Å²) in [4.78, 5) is 0. The largest absolute Gasteiger partial charge is 0.242 e. The number of likely N-dealkylation sites (N-methyl/N-ethyl adjacent to an activating group) is 1. The van der Waals surface area contributed by atoms with Gasteiger partial charge in [0.1, 0.15) is 0 Å². The lowest BCUT2D eigenvalue weighted by Crippen LogP contribution is -2.07. The van der Waals surface area contributed by atoms with Crippen LogP contribution in [-0.4, -0.2) is 13.1 Å². The van der Waals surface area contributed by atoms with E-state index in [-0.39, 0.29) is 0 Å². The molecule has 1 heteroatoms. The lowest BCUT2D eigenvalue weighted by molar-refractivity contribution is 0.701. The van der Waals surface area contributed by atoms with Crippen LogP contribution in [0, 0.1) is 6.92 Å². The number of hydrogen-bond donors (Lipinski definition) is 0. The second-order valence-corrected chi connectivity index (χ2v) is 3.00. The van der Waals surface area contributed by atoms with E-state index in [1.165, 1.54) is 11.1 Å². The molecule has 1 rings (SSSR count). The summed E-state index contributed by atoms with van der Waals surface area (Å²) >= 11 is 0. The SMILES string of the molecule is CC[N]CCc1cccc(C)c1. The van der Waals surface area contributed by atoms with Crippen molar-refractivity contribution in [3.8, 4) is 0 Å². The molecule has 0 heterocycles. The Morgan fingerprint density at radius 2 is 2.17 bits per heavy atom. The Morgan fingerprint density at radius 1 is 1.33 bits per heavy atom. The standard InChI is InChI=1S/C11H16N/c1-3-12-8-7-11-6-4-5-10(2)9-11/h4-6,9H,3,7-8H2,1-2H3. The van der Waals surface area contributed by atoms with E-state index in [4.69, 9.17) is 0 Å². The highest BCUT2D eigenvalue weighted by Crippen LogP contribution is 2.03. The second kappa shape index (κ2) is 4.94. The van der Waals surface area contributed by atoms with E-state index >= 15 is 0 Å². The maximum atomic E-state index is 4.30. The van der Waals surface area contributed by atoms with Crippen LogP contribution in [0.25, 0.3) is 0 Å². The highest BCUT2D eigenvalue weighted by Gasteiger charge is 1.92. The van der Waals surface area contributed by atoms with Gasteiger partial charge >= 0.3 is 0 Å². The second-order valence-electron chi connectivity index (χ2n) is 3.00. The van der Waals surface area contributed by atoms with Crippen LogP contribution in [0.4, 0.5) is 0 Å². The number of nitrogens with zero attached hydrogens (tertiary/aromatic N) is 1. The summed E-state index contributed by atoms with van der Waals surface area (Å²) in [6, 6.07) is 8.63. The lowest BCUT2D eigenvalue weighted by Gasteiger charge is -2.01. The minimum absolute atomic E-state index is 0.936. The Kier molecular flexibility index (Phi) is 3.81. The van der Waals surface area contributed by atoms with E-state index in [0.717, 1.165) is 19.5 Å². The third-order valence-corrected chi connectivity index (χ3v) is 1.86. The van der Waals surface area contributed by atoms with E-state index in [1.807, 2.05) is 0 Å². The summed E-state index contributed by atoms with van der Waals surface area (Å²) in [5.74, 6) is 0. The van der Waals surface area contributed by atoms with Gasteiger partial charge in [0, 0.05) is 13.1 Å². The Bertz CT molecular complexity index is 230. The topological polar surface area (TPSA) is 14.1 Å². The molecule has 0 fully saturated rings. The van der Waals surface area contributed by atoms with E-state index < -0.39 is 0 Å². The molecule has 1 aromatic carbocycles. The molecule has 1 nitrogen and oxygen atoms in total. The van der Waals surface area contributed by atoms with Crippen molar-refractivity contribution in [1.82, 2.24) is 5.32 Å². The molecule has 0 spiro atoms. The van der Waals surface area contributed by atoms with Crippen molar-refractivity contribution in [2.24, 2.45) is 0 Å². The number of rotatable bonds is 4. The molecule has 0 aliphatic carbocycles. The zero-order chi connectivity index (χ0) is 8.81. The summed E-state index contributed by atoms with van der Waals surface area (Å²) in [6.07, 6.45) is 1.08. The lowest BCUT2D eigenvalue weighted by atomic mass is 10.1. The zero-order valence-corrected chi connectivity index (χ0v) is 7.88. The first-order chi connectivity index (χ1) is 5.83. The summed E-state index contributed by atoms with van der Waals surface area (Å²) in [6.45, 7) is 6.10. The first-order valence-corrected chi connectivity index (χ1v) is 4.51. The maximum absolute atomic E-state index is 4.30. The molecular weight excluding hydrogens is 146 g/mol. The van der Waals surface area contributed by atoms with Gasteiger partial charge in [-0.15, -0.1) is 0 Å². The highest BCUT2D eigenvalue weighted by molar-refractivity contribution is 5.22. The Morgan fingerprint density at radius 3 is 2.83 bits per heavy atom. The van der Waals surface area contributed by atoms with E-state index in [9.17, 15) is 0 Å². The van der Waals surface area contributed by atoms with Crippen molar-refractivity contribution >= 4 is 0 Å². The number of hydrogen-bond acceptors (Lipinski definition) is 0. The third kappa shape index (κ3) is 3.05. The summed E-state index contributed by atoms with van der Waals surface area (Å²) in [7, 11) is 0. The minimum atomic E-state index is 0.936. The van der Waals surface area contributed by atoms with Crippen molar-refractivity contribution in [3.63, 3.8) is 0 Å². The quantitative estimate of drug-likeness (QED) is 0.602. The molecule has 0 N–H and O–H groups in total. The predicted octanol–water partition coefficient (Wildman–Crippen LogP) is 2.16. The van der Waals surface area contributed by atoms with Gasteiger partial charge < -0.3 is 0 Å². The van der Waals surface area contributed by atoms with Gasteiger partial charge in [-0.1, -0.05) is 36.8 Å². The van der Waals surface area contributed by atoms with Crippen molar-refractivity contribution < 1.29 is 0 Å². The third-order valence-electron chi connectivity index (χ3n) is 1.86. The van der Waals surface area contributed by atoms with E-state index in [1.54, 1.807) is 0 Å². The molecule has 0 atom stereocenters. The van der Waals surface area contributed by atoms with Gasteiger partial charge in [0.25, 0.3) is 0 Å². The van der Waals surface area contributed by atoms with E-state index in [2.05, 4.69) is 43.4 Å². The van der Waals surface area contributed by atoms with Gasteiger partial charge in [-0.2, -0.15) is 0 Å². The molecular formula is C11H16N. The van der Waals surface area contributed by atoms with Gasteiger partial charge in [0.05, 0.1) is 0 Å². The first kappa shape index (κ1) is 9.27. The zero-order valence-electron chi connectivity index (χ0n) is 7.88. The Balaban J connectivity index is 2.41. The van der Waals surface area contributed by atoms with Crippen LogP contribution in [-0.2, 0) is 6.42 Å². The van der Waals surface area contributed by atoms with Gasteiger partial charge in [0.2, 0.25) is 0 Å².